The highest BCUT2D eigenvalue weighted by molar-refractivity contribution is 7.51. The van der Waals surface area contributed by atoms with Crippen molar-refractivity contribution in [3.05, 3.63) is 23.8 Å². The topological polar surface area (TPSA) is 72.8 Å². The van der Waals surface area contributed by atoms with Crippen LogP contribution >= 0.6 is 8.30 Å². The van der Waals surface area contributed by atoms with Gasteiger partial charge in [0.15, 0.2) is 0 Å². The van der Waals surface area contributed by atoms with Gasteiger partial charge in [-0.25, -0.2) is 5.06 Å². The van der Waals surface area contributed by atoms with Crippen LogP contribution in [0, 0.1) is 0 Å². The highest BCUT2D eigenvalue weighted by Crippen LogP contribution is 2.37. The third-order valence-electron chi connectivity index (χ3n) is 3.20. The van der Waals surface area contributed by atoms with Crippen molar-refractivity contribution in [1.29, 1.82) is 0 Å². The number of allylic oxidation sites excluding steroid dienone is 2. The van der Waals surface area contributed by atoms with Gasteiger partial charge in [0.05, 0.1) is 5.66 Å². The molecule has 2 aliphatic rings. The van der Waals surface area contributed by atoms with E-state index in [4.69, 9.17) is 0 Å². The standard InChI is InChI=1S/C12H19N2O3P/c15-12-11(7-4-8-14(12)16)18(17)13-9-10-5-2-1-3-6-10/h2,5-6,11,13,16-17H,1,3-4,7-9H2. The fourth-order valence-electron chi connectivity index (χ4n) is 2.15. The lowest BCUT2D eigenvalue weighted by molar-refractivity contribution is -0.169. The number of rotatable bonds is 4. The molecule has 2 rings (SSSR count). The maximum Gasteiger partial charge on any atom is 0.256 e. The Hall–Kier alpha value is -0.740. The van der Waals surface area contributed by atoms with E-state index in [1.54, 1.807) is 0 Å². The van der Waals surface area contributed by atoms with Crippen LogP contribution in [-0.2, 0) is 4.79 Å². The van der Waals surface area contributed by atoms with Gasteiger partial charge in [-0.15, -0.1) is 0 Å². The highest BCUT2D eigenvalue weighted by atomic mass is 31.2. The van der Waals surface area contributed by atoms with E-state index in [-0.39, 0.29) is 5.91 Å². The Morgan fingerprint density at radius 1 is 1.50 bits per heavy atom. The van der Waals surface area contributed by atoms with Crippen LogP contribution in [0.4, 0.5) is 0 Å². The quantitative estimate of drug-likeness (QED) is 0.535. The summed E-state index contributed by atoms with van der Waals surface area (Å²) in [5.41, 5.74) is 0.666. The van der Waals surface area contributed by atoms with Gasteiger partial charge in [-0.3, -0.25) is 15.1 Å². The number of hydroxylamine groups is 2. The zero-order valence-corrected chi connectivity index (χ0v) is 11.1. The molecule has 1 aliphatic carbocycles. The molecule has 3 N–H and O–H groups in total. The van der Waals surface area contributed by atoms with Crippen molar-refractivity contribution in [3.63, 3.8) is 0 Å². The fraction of sp³-hybridized carbons (Fsp3) is 0.583. The van der Waals surface area contributed by atoms with Gasteiger partial charge in [0, 0.05) is 13.1 Å². The first kappa shape index (κ1) is 13.7. The molecule has 100 valence electrons. The molecule has 5 nitrogen and oxygen atoms in total. The summed E-state index contributed by atoms with van der Waals surface area (Å²) in [4.78, 5) is 21.7. The molecule has 0 aromatic carbocycles. The van der Waals surface area contributed by atoms with Crippen molar-refractivity contribution < 1.29 is 14.9 Å². The maximum absolute atomic E-state index is 11.7. The zero-order chi connectivity index (χ0) is 13.0. The van der Waals surface area contributed by atoms with E-state index in [1.165, 1.54) is 0 Å². The molecule has 1 fully saturated rings. The Labute approximate surface area is 108 Å². The van der Waals surface area contributed by atoms with Crippen LogP contribution in [0.15, 0.2) is 23.8 Å². The van der Waals surface area contributed by atoms with E-state index in [1.807, 2.05) is 6.08 Å². The van der Waals surface area contributed by atoms with E-state index in [9.17, 15) is 14.9 Å². The predicted molar refractivity (Wildman–Crippen MR) is 70.1 cm³/mol. The lowest BCUT2D eigenvalue weighted by atomic mass is 10.1. The van der Waals surface area contributed by atoms with Crippen LogP contribution in [0.1, 0.15) is 25.7 Å². The van der Waals surface area contributed by atoms with E-state index in [2.05, 4.69) is 17.2 Å². The molecule has 6 heteroatoms. The number of nitrogens with zero attached hydrogens (tertiary/aromatic N) is 1. The molecule has 0 aromatic rings. The van der Waals surface area contributed by atoms with Crippen molar-refractivity contribution in [3.8, 4) is 0 Å². The largest absolute Gasteiger partial charge is 0.358 e. The smallest absolute Gasteiger partial charge is 0.256 e. The minimum atomic E-state index is -1.57. The molecule has 1 aliphatic heterocycles. The molecular weight excluding hydrogens is 251 g/mol. The van der Waals surface area contributed by atoms with Crippen LogP contribution in [0.3, 0.4) is 0 Å². The van der Waals surface area contributed by atoms with Crippen LogP contribution in [-0.4, -0.2) is 39.8 Å². The van der Waals surface area contributed by atoms with Crippen LogP contribution in [0.2, 0.25) is 0 Å². The maximum atomic E-state index is 11.7. The van der Waals surface area contributed by atoms with Crippen LogP contribution in [0.5, 0.6) is 0 Å². The predicted octanol–water partition coefficient (Wildman–Crippen LogP) is 1.54. The molecule has 1 saturated heterocycles. The molecule has 18 heavy (non-hydrogen) atoms. The summed E-state index contributed by atoms with van der Waals surface area (Å²) in [7, 11) is -1.57. The Kier molecular flexibility index (Phi) is 4.89. The average Bonchev–Trinajstić information content (AvgIpc) is 2.40. The third-order valence-corrected chi connectivity index (χ3v) is 4.75. The second-order valence-electron chi connectivity index (χ2n) is 4.56. The van der Waals surface area contributed by atoms with Gasteiger partial charge in [-0.05, 0) is 31.3 Å². The highest BCUT2D eigenvalue weighted by Gasteiger charge is 2.33. The number of piperidine rings is 1. The molecule has 0 radical (unpaired) electrons. The van der Waals surface area contributed by atoms with Gasteiger partial charge in [0.25, 0.3) is 5.91 Å². The first-order chi connectivity index (χ1) is 8.68. The number of carbonyl (C=O) groups is 1. The molecule has 0 saturated carbocycles. The minimum absolute atomic E-state index is 0.365. The lowest BCUT2D eigenvalue weighted by Gasteiger charge is -2.30. The Balaban J connectivity index is 1.83. The summed E-state index contributed by atoms with van der Waals surface area (Å²) in [5, 5.41) is 13.1. The van der Waals surface area contributed by atoms with Gasteiger partial charge in [0.1, 0.15) is 8.30 Å². The number of nitrogens with one attached hydrogen (secondary N) is 1. The molecule has 1 heterocycles. The number of hydrogen-bond donors (Lipinski definition) is 3. The fourth-order valence-corrected chi connectivity index (χ4v) is 3.48. The first-order valence-corrected chi connectivity index (χ1v) is 7.62. The Bertz CT molecular complexity index is 370. The normalized spacial score (nSPS) is 26.1. The van der Waals surface area contributed by atoms with Gasteiger partial charge < -0.3 is 4.89 Å². The van der Waals surface area contributed by atoms with Gasteiger partial charge in [-0.1, -0.05) is 18.2 Å². The number of amides is 1. The molecule has 0 aromatic heterocycles. The van der Waals surface area contributed by atoms with E-state index >= 15 is 0 Å². The lowest BCUT2D eigenvalue weighted by Crippen LogP contribution is -2.42. The summed E-state index contributed by atoms with van der Waals surface area (Å²) in [5.74, 6) is -0.365. The third kappa shape index (κ3) is 3.39. The summed E-state index contributed by atoms with van der Waals surface area (Å²) >= 11 is 0. The number of hydrogen-bond acceptors (Lipinski definition) is 4. The summed E-state index contributed by atoms with van der Waals surface area (Å²) in [6.07, 6.45) is 9.76. The van der Waals surface area contributed by atoms with Crippen molar-refractivity contribution in [2.24, 2.45) is 0 Å². The molecule has 0 bridgehead atoms. The van der Waals surface area contributed by atoms with Crippen molar-refractivity contribution in [2.75, 3.05) is 13.1 Å². The van der Waals surface area contributed by atoms with Crippen molar-refractivity contribution in [2.45, 2.75) is 31.3 Å². The average molecular weight is 270 g/mol. The SMILES string of the molecule is O=C1C(P(O)NCC2=CCCC=C2)CCCN1O. The second-order valence-corrected chi connectivity index (χ2v) is 6.19. The first-order valence-electron chi connectivity index (χ1n) is 6.26. The minimum Gasteiger partial charge on any atom is -0.358 e. The molecular formula is C12H19N2O3P. The van der Waals surface area contributed by atoms with E-state index in [0.29, 0.717) is 19.5 Å². The van der Waals surface area contributed by atoms with Gasteiger partial charge in [0.2, 0.25) is 0 Å². The molecule has 0 spiro atoms. The molecule has 1 amide bonds. The Morgan fingerprint density at radius 2 is 2.33 bits per heavy atom. The van der Waals surface area contributed by atoms with E-state index < -0.39 is 14.0 Å². The van der Waals surface area contributed by atoms with Gasteiger partial charge in [-0.2, -0.15) is 0 Å². The number of carbonyl (C=O) groups excluding carboxylic acids is 1. The monoisotopic (exact) mass is 270 g/mol. The summed E-state index contributed by atoms with van der Waals surface area (Å²) < 4.78 is 0. The summed E-state index contributed by atoms with van der Waals surface area (Å²) in [6, 6.07) is 0. The summed E-state index contributed by atoms with van der Waals surface area (Å²) in [6.45, 7) is 0.945. The Morgan fingerprint density at radius 3 is 3.06 bits per heavy atom. The molecule has 2 atom stereocenters. The van der Waals surface area contributed by atoms with Gasteiger partial charge >= 0.3 is 0 Å². The second kappa shape index (κ2) is 6.43. The van der Waals surface area contributed by atoms with Crippen LogP contribution in [0.25, 0.3) is 0 Å². The van der Waals surface area contributed by atoms with Crippen LogP contribution < -0.4 is 5.09 Å². The van der Waals surface area contributed by atoms with Crippen molar-refractivity contribution >= 4 is 14.2 Å². The molecule has 2 unspecified atom stereocenters. The van der Waals surface area contributed by atoms with Crippen molar-refractivity contribution in [1.82, 2.24) is 10.2 Å². The van der Waals surface area contributed by atoms with E-state index in [0.717, 1.165) is 29.9 Å². The zero-order valence-electron chi connectivity index (χ0n) is 10.2.